The maximum atomic E-state index is 11.9. The van der Waals surface area contributed by atoms with Crippen molar-refractivity contribution in [3.05, 3.63) is 0 Å². The number of carboxylic acids is 1. The minimum absolute atomic E-state index is 0.103. The number of rotatable bonds is 10. The molecule has 0 radical (unpaired) electrons. The summed E-state index contributed by atoms with van der Waals surface area (Å²) in [5.41, 5.74) is 0. The lowest BCUT2D eigenvalue weighted by atomic mass is 10.2. The average Bonchev–Trinajstić information content (AvgIpc) is 2.33. The molecule has 1 atom stereocenters. The van der Waals surface area contributed by atoms with Crippen LogP contribution in [0, 0.1) is 0 Å². The summed E-state index contributed by atoms with van der Waals surface area (Å²) in [7, 11) is 3.84. The molecule has 0 aromatic carbocycles. The average molecular weight is 273 g/mol. The third-order valence-corrected chi connectivity index (χ3v) is 2.93. The first-order valence-electron chi connectivity index (χ1n) is 6.76. The number of nitrogens with zero attached hydrogens (tertiary/aromatic N) is 2. The molecular formula is C13H27N3O3. The highest BCUT2D eigenvalue weighted by Gasteiger charge is 2.22. The van der Waals surface area contributed by atoms with Crippen LogP contribution in [0.4, 0.5) is 0 Å². The van der Waals surface area contributed by atoms with Gasteiger partial charge in [0.1, 0.15) is 0 Å². The number of carboxylic acid groups (broad SMARTS) is 1. The fraction of sp³-hybridized carbons (Fsp3) is 0.846. The van der Waals surface area contributed by atoms with Gasteiger partial charge in [0.2, 0.25) is 5.91 Å². The Balaban J connectivity index is 4.37. The van der Waals surface area contributed by atoms with E-state index < -0.39 is 12.0 Å². The Morgan fingerprint density at radius 1 is 1.26 bits per heavy atom. The Kier molecular flexibility index (Phi) is 9.16. The fourth-order valence-corrected chi connectivity index (χ4v) is 1.61. The van der Waals surface area contributed by atoms with E-state index in [2.05, 4.69) is 12.2 Å². The fourth-order valence-electron chi connectivity index (χ4n) is 1.61. The highest BCUT2D eigenvalue weighted by atomic mass is 16.4. The lowest BCUT2D eigenvalue weighted by Gasteiger charge is -2.27. The Bertz CT molecular complexity index is 282. The van der Waals surface area contributed by atoms with Crippen molar-refractivity contribution in [1.82, 2.24) is 15.1 Å². The maximum Gasteiger partial charge on any atom is 0.317 e. The molecule has 2 N–H and O–H groups in total. The maximum absolute atomic E-state index is 11.9. The molecule has 0 fully saturated rings. The Hall–Kier alpha value is -1.14. The molecule has 0 saturated carbocycles. The predicted octanol–water partition coefficient (Wildman–Crippen LogP) is 0.239. The van der Waals surface area contributed by atoms with E-state index in [-0.39, 0.29) is 12.5 Å². The number of aliphatic carboxylic acids is 1. The third-order valence-electron chi connectivity index (χ3n) is 2.93. The normalized spacial score (nSPS) is 12.7. The van der Waals surface area contributed by atoms with Crippen molar-refractivity contribution in [2.24, 2.45) is 0 Å². The van der Waals surface area contributed by atoms with Gasteiger partial charge in [0.25, 0.3) is 0 Å². The van der Waals surface area contributed by atoms with Crippen LogP contribution in [0.3, 0.4) is 0 Å². The van der Waals surface area contributed by atoms with Gasteiger partial charge in [0.05, 0.1) is 12.6 Å². The second-order valence-electron chi connectivity index (χ2n) is 4.99. The molecule has 0 aliphatic rings. The van der Waals surface area contributed by atoms with E-state index in [0.29, 0.717) is 13.1 Å². The van der Waals surface area contributed by atoms with Gasteiger partial charge in [0.15, 0.2) is 0 Å². The molecule has 1 unspecified atom stereocenters. The monoisotopic (exact) mass is 273 g/mol. The van der Waals surface area contributed by atoms with Crippen LogP contribution in [-0.4, -0.2) is 73.1 Å². The first-order valence-corrected chi connectivity index (χ1v) is 6.76. The summed E-state index contributed by atoms with van der Waals surface area (Å²) in [5, 5.41) is 11.7. The summed E-state index contributed by atoms with van der Waals surface area (Å²) in [4.78, 5) is 26.4. The molecule has 0 saturated heterocycles. The van der Waals surface area contributed by atoms with Gasteiger partial charge < -0.3 is 15.3 Å². The second kappa shape index (κ2) is 9.75. The van der Waals surface area contributed by atoms with Crippen LogP contribution in [0.5, 0.6) is 0 Å². The molecule has 0 heterocycles. The van der Waals surface area contributed by atoms with Crippen molar-refractivity contribution in [3.8, 4) is 0 Å². The van der Waals surface area contributed by atoms with Crippen molar-refractivity contribution >= 4 is 11.9 Å². The van der Waals surface area contributed by atoms with E-state index in [9.17, 15) is 9.59 Å². The molecule has 0 aromatic rings. The predicted molar refractivity (Wildman–Crippen MR) is 75.1 cm³/mol. The van der Waals surface area contributed by atoms with Gasteiger partial charge in [0, 0.05) is 19.6 Å². The molecule has 0 bridgehead atoms. The lowest BCUT2D eigenvalue weighted by molar-refractivity contribution is -0.139. The molecule has 6 nitrogen and oxygen atoms in total. The number of hydrogen-bond donors (Lipinski definition) is 2. The third kappa shape index (κ3) is 8.56. The standard InChI is InChI=1S/C13H27N3O3/c1-5-6-7-14-13(19)11(2)16(10-12(17)18)9-8-15(3)4/h11H,5-10H2,1-4H3,(H,14,19)(H,17,18). The van der Waals surface area contributed by atoms with E-state index in [1.807, 2.05) is 19.0 Å². The van der Waals surface area contributed by atoms with Crippen LogP contribution >= 0.6 is 0 Å². The van der Waals surface area contributed by atoms with Crippen LogP contribution in [0.2, 0.25) is 0 Å². The van der Waals surface area contributed by atoms with Crippen molar-refractivity contribution < 1.29 is 14.7 Å². The second-order valence-corrected chi connectivity index (χ2v) is 4.99. The summed E-state index contributed by atoms with van der Waals surface area (Å²) in [6, 6.07) is -0.423. The van der Waals surface area contributed by atoms with Crippen LogP contribution in [-0.2, 0) is 9.59 Å². The summed E-state index contributed by atoms with van der Waals surface area (Å²) in [6.45, 7) is 5.62. The van der Waals surface area contributed by atoms with Gasteiger partial charge in [-0.15, -0.1) is 0 Å². The molecule has 112 valence electrons. The molecule has 19 heavy (non-hydrogen) atoms. The summed E-state index contributed by atoms with van der Waals surface area (Å²) < 4.78 is 0. The summed E-state index contributed by atoms with van der Waals surface area (Å²) in [5.74, 6) is -1.01. The van der Waals surface area contributed by atoms with Crippen LogP contribution in [0.15, 0.2) is 0 Å². The van der Waals surface area contributed by atoms with Gasteiger partial charge in [-0.2, -0.15) is 0 Å². The number of likely N-dealkylation sites (N-methyl/N-ethyl adjacent to an activating group) is 1. The van der Waals surface area contributed by atoms with E-state index in [0.717, 1.165) is 19.4 Å². The molecule has 0 aromatic heterocycles. The van der Waals surface area contributed by atoms with Crippen LogP contribution < -0.4 is 5.32 Å². The molecule has 0 aliphatic heterocycles. The SMILES string of the molecule is CCCCNC(=O)C(C)N(CCN(C)C)CC(=O)O. The van der Waals surface area contributed by atoms with Gasteiger partial charge >= 0.3 is 5.97 Å². The number of unbranched alkanes of at least 4 members (excludes halogenated alkanes) is 1. The van der Waals surface area contributed by atoms with Gasteiger partial charge in [-0.25, -0.2) is 0 Å². The zero-order chi connectivity index (χ0) is 14.8. The largest absolute Gasteiger partial charge is 0.480 e. The first kappa shape index (κ1) is 17.9. The van der Waals surface area contributed by atoms with E-state index in [1.54, 1.807) is 11.8 Å². The number of hydrogen-bond acceptors (Lipinski definition) is 4. The summed E-state index contributed by atoms with van der Waals surface area (Å²) in [6.07, 6.45) is 1.96. The molecule has 0 rings (SSSR count). The quantitative estimate of drug-likeness (QED) is 0.558. The number of amides is 1. The van der Waals surface area contributed by atoms with Gasteiger partial charge in [-0.05, 0) is 27.4 Å². The van der Waals surface area contributed by atoms with Crippen molar-refractivity contribution in [2.45, 2.75) is 32.7 Å². The number of carbonyl (C=O) groups excluding carboxylic acids is 1. The minimum atomic E-state index is -0.910. The Labute approximate surface area is 115 Å². The molecule has 1 amide bonds. The Morgan fingerprint density at radius 3 is 2.37 bits per heavy atom. The van der Waals surface area contributed by atoms with Crippen molar-refractivity contribution in [2.75, 3.05) is 40.3 Å². The topological polar surface area (TPSA) is 72.9 Å². The van der Waals surface area contributed by atoms with Crippen LogP contribution in [0.1, 0.15) is 26.7 Å². The molecule has 0 aliphatic carbocycles. The number of carbonyl (C=O) groups is 2. The summed E-state index contributed by atoms with van der Waals surface area (Å²) >= 11 is 0. The zero-order valence-electron chi connectivity index (χ0n) is 12.5. The van der Waals surface area contributed by atoms with E-state index in [1.165, 1.54) is 0 Å². The highest BCUT2D eigenvalue weighted by Crippen LogP contribution is 2.00. The molecule has 0 spiro atoms. The van der Waals surface area contributed by atoms with Gasteiger partial charge in [-0.1, -0.05) is 13.3 Å². The Morgan fingerprint density at radius 2 is 1.89 bits per heavy atom. The smallest absolute Gasteiger partial charge is 0.317 e. The molecular weight excluding hydrogens is 246 g/mol. The van der Waals surface area contributed by atoms with Gasteiger partial charge in [-0.3, -0.25) is 14.5 Å². The number of nitrogens with one attached hydrogen (secondary N) is 1. The highest BCUT2D eigenvalue weighted by molar-refractivity contribution is 5.82. The van der Waals surface area contributed by atoms with Crippen molar-refractivity contribution in [3.63, 3.8) is 0 Å². The lowest BCUT2D eigenvalue weighted by Crippen LogP contribution is -2.49. The molecule has 6 heteroatoms. The van der Waals surface area contributed by atoms with Crippen LogP contribution in [0.25, 0.3) is 0 Å². The zero-order valence-corrected chi connectivity index (χ0v) is 12.5. The van der Waals surface area contributed by atoms with E-state index >= 15 is 0 Å². The minimum Gasteiger partial charge on any atom is -0.480 e. The van der Waals surface area contributed by atoms with E-state index in [4.69, 9.17) is 5.11 Å². The first-order chi connectivity index (χ1) is 8.88. The van der Waals surface area contributed by atoms with Crippen molar-refractivity contribution in [1.29, 1.82) is 0 Å².